The minimum atomic E-state index is 0.107. The van der Waals surface area contributed by atoms with Crippen molar-refractivity contribution in [1.29, 1.82) is 0 Å². The van der Waals surface area contributed by atoms with Gasteiger partial charge in [0.25, 0.3) is 0 Å². The molecule has 2 N–H and O–H groups in total. The molecule has 0 aromatic rings. The lowest BCUT2D eigenvalue weighted by atomic mass is 10.2. The van der Waals surface area contributed by atoms with Gasteiger partial charge in [-0.05, 0) is 13.5 Å². The van der Waals surface area contributed by atoms with E-state index in [0.29, 0.717) is 12.6 Å². The molecule has 2 unspecified atom stereocenters. The van der Waals surface area contributed by atoms with E-state index in [0.717, 1.165) is 26.2 Å². The lowest BCUT2D eigenvalue weighted by molar-refractivity contribution is 0.131. The van der Waals surface area contributed by atoms with E-state index in [-0.39, 0.29) is 6.04 Å². The Labute approximate surface area is 80.0 Å². The summed E-state index contributed by atoms with van der Waals surface area (Å²) < 4.78 is 10.3. The Morgan fingerprint density at radius 3 is 3.00 bits per heavy atom. The molecule has 13 heavy (non-hydrogen) atoms. The van der Waals surface area contributed by atoms with Gasteiger partial charge in [-0.1, -0.05) is 0 Å². The number of likely N-dealkylation sites (N-methyl/N-ethyl adjacent to an activating group) is 1. The van der Waals surface area contributed by atoms with E-state index in [1.54, 1.807) is 7.11 Å². The van der Waals surface area contributed by atoms with Gasteiger partial charge >= 0.3 is 0 Å². The summed E-state index contributed by atoms with van der Waals surface area (Å²) in [6.45, 7) is 3.23. The third kappa shape index (κ3) is 3.60. The van der Waals surface area contributed by atoms with Crippen molar-refractivity contribution in [2.75, 3.05) is 40.5 Å². The number of methoxy groups -OCH3 is 1. The molecule has 0 radical (unpaired) electrons. The van der Waals surface area contributed by atoms with Gasteiger partial charge < -0.3 is 15.2 Å². The van der Waals surface area contributed by atoms with Crippen molar-refractivity contribution in [2.24, 2.45) is 5.73 Å². The zero-order chi connectivity index (χ0) is 9.68. The number of hydrogen-bond acceptors (Lipinski definition) is 4. The van der Waals surface area contributed by atoms with Gasteiger partial charge in [0.15, 0.2) is 0 Å². The topological polar surface area (TPSA) is 47.7 Å². The van der Waals surface area contributed by atoms with Gasteiger partial charge in [-0.2, -0.15) is 0 Å². The quantitative estimate of drug-likeness (QED) is 0.642. The standard InChI is InChI=1S/C9H20N2O2/c1-11(5-8(10)6-12-2)9-3-4-13-7-9/h8-9H,3-7,10H2,1-2H3. The van der Waals surface area contributed by atoms with Gasteiger partial charge in [0, 0.05) is 32.3 Å². The lowest BCUT2D eigenvalue weighted by Crippen LogP contribution is -2.43. The highest BCUT2D eigenvalue weighted by atomic mass is 16.5. The maximum absolute atomic E-state index is 5.85. The number of nitrogens with zero attached hydrogens (tertiary/aromatic N) is 1. The molecular formula is C9H20N2O2. The molecule has 2 atom stereocenters. The first-order valence-electron chi connectivity index (χ1n) is 4.76. The lowest BCUT2D eigenvalue weighted by Gasteiger charge is -2.25. The number of rotatable bonds is 5. The Morgan fingerprint density at radius 1 is 1.69 bits per heavy atom. The minimum Gasteiger partial charge on any atom is -0.383 e. The fourth-order valence-electron chi connectivity index (χ4n) is 1.66. The van der Waals surface area contributed by atoms with Crippen molar-refractivity contribution in [3.05, 3.63) is 0 Å². The Balaban J connectivity index is 2.18. The second kappa shape index (κ2) is 5.54. The molecule has 78 valence electrons. The molecule has 1 rings (SSSR count). The molecule has 0 aromatic heterocycles. The summed E-state index contributed by atoms with van der Waals surface area (Å²) >= 11 is 0. The van der Waals surface area contributed by atoms with E-state index in [4.69, 9.17) is 15.2 Å². The number of hydrogen-bond donors (Lipinski definition) is 1. The summed E-state index contributed by atoms with van der Waals surface area (Å²) in [4.78, 5) is 2.26. The van der Waals surface area contributed by atoms with Gasteiger partial charge in [-0.3, -0.25) is 4.90 Å². The second-order valence-electron chi connectivity index (χ2n) is 3.67. The van der Waals surface area contributed by atoms with Crippen molar-refractivity contribution in [3.63, 3.8) is 0 Å². The van der Waals surface area contributed by atoms with Crippen molar-refractivity contribution < 1.29 is 9.47 Å². The first-order valence-corrected chi connectivity index (χ1v) is 4.76. The Kier molecular flexibility index (Phi) is 4.66. The SMILES string of the molecule is COCC(N)CN(C)C1CCOC1. The first-order chi connectivity index (χ1) is 6.24. The molecular weight excluding hydrogens is 168 g/mol. The number of nitrogens with two attached hydrogens (primary N) is 1. The van der Waals surface area contributed by atoms with E-state index in [2.05, 4.69) is 11.9 Å². The van der Waals surface area contributed by atoms with Gasteiger partial charge in [0.1, 0.15) is 0 Å². The molecule has 0 amide bonds. The van der Waals surface area contributed by atoms with Crippen molar-refractivity contribution in [2.45, 2.75) is 18.5 Å². The van der Waals surface area contributed by atoms with Gasteiger partial charge in [-0.25, -0.2) is 0 Å². The zero-order valence-electron chi connectivity index (χ0n) is 8.53. The average Bonchev–Trinajstić information content (AvgIpc) is 2.55. The number of ether oxygens (including phenoxy) is 2. The van der Waals surface area contributed by atoms with Crippen LogP contribution in [-0.4, -0.2) is 57.5 Å². The smallest absolute Gasteiger partial charge is 0.0626 e. The van der Waals surface area contributed by atoms with Gasteiger partial charge in [0.2, 0.25) is 0 Å². The largest absolute Gasteiger partial charge is 0.383 e. The minimum absolute atomic E-state index is 0.107. The van der Waals surface area contributed by atoms with E-state index >= 15 is 0 Å². The Hall–Kier alpha value is -0.160. The summed E-state index contributed by atoms with van der Waals surface area (Å²) in [5.41, 5.74) is 5.85. The maximum atomic E-state index is 5.85. The van der Waals surface area contributed by atoms with Crippen LogP contribution in [0.5, 0.6) is 0 Å². The van der Waals surface area contributed by atoms with Crippen molar-refractivity contribution >= 4 is 0 Å². The van der Waals surface area contributed by atoms with Crippen LogP contribution in [0.2, 0.25) is 0 Å². The molecule has 1 aliphatic rings. The van der Waals surface area contributed by atoms with Gasteiger partial charge in [0.05, 0.1) is 13.2 Å². The highest BCUT2D eigenvalue weighted by molar-refractivity contribution is 4.76. The molecule has 1 aliphatic heterocycles. The van der Waals surface area contributed by atoms with E-state index in [9.17, 15) is 0 Å². The summed E-state index contributed by atoms with van der Waals surface area (Å²) in [6, 6.07) is 0.651. The van der Waals surface area contributed by atoms with Crippen LogP contribution in [0.3, 0.4) is 0 Å². The first kappa shape index (κ1) is 10.9. The zero-order valence-corrected chi connectivity index (χ0v) is 8.53. The van der Waals surface area contributed by atoms with Crippen LogP contribution in [0.25, 0.3) is 0 Å². The van der Waals surface area contributed by atoms with Crippen LogP contribution >= 0.6 is 0 Å². The van der Waals surface area contributed by atoms with Crippen molar-refractivity contribution in [3.8, 4) is 0 Å². The van der Waals surface area contributed by atoms with Crippen LogP contribution in [0.4, 0.5) is 0 Å². The molecule has 0 aromatic carbocycles. The summed E-state index contributed by atoms with van der Waals surface area (Å²) in [5, 5.41) is 0. The van der Waals surface area contributed by atoms with Crippen LogP contribution in [-0.2, 0) is 9.47 Å². The monoisotopic (exact) mass is 188 g/mol. The third-order valence-corrected chi connectivity index (χ3v) is 2.43. The third-order valence-electron chi connectivity index (χ3n) is 2.43. The molecule has 4 heteroatoms. The molecule has 0 bridgehead atoms. The molecule has 0 spiro atoms. The second-order valence-corrected chi connectivity index (χ2v) is 3.67. The van der Waals surface area contributed by atoms with E-state index < -0.39 is 0 Å². The molecule has 0 saturated carbocycles. The molecule has 0 aliphatic carbocycles. The average molecular weight is 188 g/mol. The highest BCUT2D eigenvalue weighted by Crippen LogP contribution is 2.10. The van der Waals surface area contributed by atoms with E-state index in [1.165, 1.54) is 0 Å². The molecule has 4 nitrogen and oxygen atoms in total. The maximum Gasteiger partial charge on any atom is 0.0626 e. The summed E-state index contributed by atoms with van der Waals surface area (Å²) in [6.07, 6.45) is 1.12. The van der Waals surface area contributed by atoms with Crippen LogP contribution in [0.1, 0.15) is 6.42 Å². The molecule has 1 heterocycles. The van der Waals surface area contributed by atoms with E-state index in [1.807, 2.05) is 0 Å². The van der Waals surface area contributed by atoms with Gasteiger partial charge in [-0.15, -0.1) is 0 Å². The summed E-state index contributed by atoms with van der Waals surface area (Å²) in [7, 11) is 3.77. The predicted molar refractivity (Wildman–Crippen MR) is 51.7 cm³/mol. The molecule has 1 saturated heterocycles. The molecule has 1 fully saturated rings. The fraction of sp³-hybridized carbons (Fsp3) is 1.00. The highest BCUT2D eigenvalue weighted by Gasteiger charge is 2.21. The Morgan fingerprint density at radius 2 is 2.46 bits per heavy atom. The normalized spacial score (nSPS) is 25.4. The summed E-state index contributed by atoms with van der Waals surface area (Å²) in [5.74, 6) is 0. The van der Waals surface area contributed by atoms with Crippen LogP contribution in [0, 0.1) is 0 Å². The van der Waals surface area contributed by atoms with Crippen LogP contribution < -0.4 is 5.73 Å². The van der Waals surface area contributed by atoms with Crippen LogP contribution in [0.15, 0.2) is 0 Å². The van der Waals surface area contributed by atoms with Crippen molar-refractivity contribution in [1.82, 2.24) is 4.90 Å². The fourth-order valence-corrected chi connectivity index (χ4v) is 1.66. The Bertz CT molecular complexity index is 138. The predicted octanol–water partition coefficient (Wildman–Crippen LogP) is -0.319.